The maximum atomic E-state index is 12.2. The molecule has 8 nitrogen and oxygen atoms in total. The number of nitrogens with one attached hydrogen (secondary N) is 2. The monoisotopic (exact) mass is 474 g/mol. The van der Waals surface area contributed by atoms with Crippen LogP contribution in [0.4, 0.5) is 0 Å². The summed E-state index contributed by atoms with van der Waals surface area (Å²) in [6, 6.07) is 16.5. The number of hydrogen-bond donors (Lipinski definition) is 2. The number of sulfone groups is 1. The van der Waals surface area contributed by atoms with E-state index in [-0.39, 0.29) is 23.8 Å². The van der Waals surface area contributed by atoms with Gasteiger partial charge < -0.3 is 10.1 Å². The molecular formula is C22H26N4O4S2. The van der Waals surface area contributed by atoms with Crippen LogP contribution in [-0.4, -0.2) is 48.5 Å². The Bertz CT molecular complexity index is 1190. The molecule has 0 radical (unpaired) electrons. The minimum Gasteiger partial charge on any atom is -0.497 e. The normalized spacial score (nSPS) is 11.3. The van der Waals surface area contributed by atoms with Gasteiger partial charge in [0.15, 0.2) is 20.4 Å². The molecule has 2 aromatic carbocycles. The molecule has 0 aliphatic heterocycles. The van der Waals surface area contributed by atoms with Gasteiger partial charge in [0.1, 0.15) is 5.75 Å². The summed E-state index contributed by atoms with van der Waals surface area (Å²) in [6.07, 6.45) is 0.566. The molecule has 1 aromatic heterocycles. The molecule has 3 aromatic rings. The van der Waals surface area contributed by atoms with Gasteiger partial charge in [-0.05, 0) is 48.5 Å². The molecule has 10 heteroatoms. The van der Waals surface area contributed by atoms with Gasteiger partial charge in [-0.1, -0.05) is 30.3 Å². The Morgan fingerprint density at radius 3 is 2.56 bits per heavy atom. The van der Waals surface area contributed by atoms with Crippen LogP contribution in [0.1, 0.15) is 18.4 Å². The number of rotatable bonds is 11. The van der Waals surface area contributed by atoms with Crippen molar-refractivity contribution in [1.29, 1.82) is 0 Å². The van der Waals surface area contributed by atoms with Crippen molar-refractivity contribution in [1.82, 2.24) is 20.1 Å². The minimum absolute atomic E-state index is 0.00859. The third-order valence-corrected chi connectivity index (χ3v) is 6.85. The summed E-state index contributed by atoms with van der Waals surface area (Å²) < 4.78 is 31.8. The predicted molar refractivity (Wildman–Crippen MR) is 126 cm³/mol. The van der Waals surface area contributed by atoms with Gasteiger partial charge >= 0.3 is 0 Å². The Balaban J connectivity index is 1.46. The van der Waals surface area contributed by atoms with E-state index in [1.165, 1.54) is 0 Å². The van der Waals surface area contributed by atoms with Crippen LogP contribution in [0, 0.1) is 4.77 Å². The SMILES string of the molecule is COc1ccc(-c2n[nH]c(=S)n2CCC(=O)NCCCS(=O)(=O)Cc2ccccc2)cc1. The number of nitrogens with zero attached hydrogens (tertiary/aromatic N) is 2. The highest BCUT2D eigenvalue weighted by Gasteiger charge is 2.13. The molecule has 2 N–H and O–H groups in total. The summed E-state index contributed by atoms with van der Waals surface area (Å²) in [7, 11) is -1.62. The zero-order valence-corrected chi connectivity index (χ0v) is 19.4. The third kappa shape index (κ3) is 6.76. The van der Waals surface area contributed by atoms with Crippen LogP contribution in [0.2, 0.25) is 0 Å². The highest BCUT2D eigenvalue weighted by atomic mass is 32.2. The van der Waals surface area contributed by atoms with Crippen LogP contribution in [0.3, 0.4) is 0 Å². The van der Waals surface area contributed by atoms with Crippen LogP contribution < -0.4 is 10.1 Å². The molecule has 1 heterocycles. The third-order valence-electron chi connectivity index (χ3n) is 4.85. The number of H-pyrrole nitrogens is 1. The Morgan fingerprint density at radius 1 is 1.16 bits per heavy atom. The second kappa shape index (κ2) is 11.1. The van der Waals surface area contributed by atoms with Crippen LogP contribution in [-0.2, 0) is 26.9 Å². The zero-order chi connectivity index (χ0) is 23.0. The molecule has 0 saturated carbocycles. The maximum absolute atomic E-state index is 12.2. The first-order valence-electron chi connectivity index (χ1n) is 10.2. The van der Waals surface area contributed by atoms with Gasteiger partial charge in [0.25, 0.3) is 0 Å². The molecule has 0 bridgehead atoms. The van der Waals surface area contributed by atoms with Crippen molar-refractivity contribution < 1.29 is 17.9 Å². The second-order valence-corrected chi connectivity index (χ2v) is 9.83. The Kier molecular flexibility index (Phi) is 8.18. The molecule has 0 saturated heterocycles. The summed E-state index contributed by atoms with van der Waals surface area (Å²) in [5.41, 5.74) is 1.61. The number of carbonyl (C=O) groups excluding carboxylic acids is 1. The van der Waals surface area contributed by atoms with Crippen LogP contribution >= 0.6 is 12.2 Å². The van der Waals surface area contributed by atoms with Crippen molar-refractivity contribution >= 4 is 28.0 Å². The predicted octanol–water partition coefficient (Wildman–Crippen LogP) is 3.13. The first kappa shape index (κ1) is 23.7. The Labute approximate surface area is 192 Å². The molecule has 0 spiro atoms. The van der Waals surface area contributed by atoms with E-state index < -0.39 is 9.84 Å². The molecule has 170 valence electrons. The smallest absolute Gasteiger partial charge is 0.221 e. The van der Waals surface area contributed by atoms with Crippen molar-refractivity contribution in [3.63, 3.8) is 0 Å². The van der Waals surface area contributed by atoms with Gasteiger partial charge in [-0.3, -0.25) is 14.5 Å². The van der Waals surface area contributed by atoms with Gasteiger partial charge in [0.05, 0.1) is 18.6 Å². The first-order chi connectivity index (χ1) is 15.4. The van der Waals surface area contributed by atoms with Crippen molar-refractivity contribution in [2.75, 3.05) is 19.4 Å². The Morgan fingerprint density at radius 2 is 1.88 bits per heavy atom. The van der Waals surface area contributed by atoms with E-state index in [2.05, 4.69) is 15.5 Å². The van der Waals surface area contributed by atoms with E-state index in [9.17, 15) is 13.2 Å². The quantitative estimate of drug-likeness (QED) is 0.327. The fourth-order valence-corrected chi connectivity index (χ4v) is 4.86. The Hall–Kier alpha value is -2.98. The van der Waals surface area contributed by atoms with Gasteiger partial charge in [-0.25, -0.2) is 8.42 Å². The summed E-state index contributed by atoms with van der Waals surface area (Å²) in [5.74, 6) is 1.23. The van der Waals surface area contributed by atoms with Gasteiger partial charge in [-0.2, -0.15) is 5.10 Å². The maximum Gasteiger partial charge on any atom is 0.221 e. The lowest BCUT2D eigenvalue weighted by atomic mass is 10.2. The van der Waals surface area contributed by atoms with Crippen molar-refractivity contribution in [3.8, 4) is 17.1 Å². The molecule has 0 atom stereocenters. The van der Waals surface area contributed by atoms with Crippen LogP contribution in [0.5, 0.6) is 5.75 Å². The van der Waals surface area contributed by atoms with Crippen LogP contribution in [0.25, 0.3) is 11.4 Å². The van der Waals surface area contributed by atoms with Crippen molar-refractivity contribution in [2.24, 2.45) is 0 Å². The summed E-state index contributed by atoms with van der Waals surface area (Å²) in [6.45, 7) is 0.657. The fraction of sp³-hybridized carbons (Fsp3) is 0.318. The lowest BCUT2D eigenvalue weighted by Crippen LogP contribution is -2.27. The molecular weight excluding hydrogens is 448 g/mol. The number of hydrogen-bond acceptors (Lipinski definition) is 6. The van der Waals surface area contributed by atoms with Gasteiger partial charge in [-0.15, -0.1) is 0 Å². The lowest BCUT2D eigenvalue weighted by molar-refractivity contribution is -0.121. The van der Waals surface area contributed by atoms with E-state index in [4.69, 9.17) is 17.0 Å². The lowest BCUT2D eigenvalue weighted by Gasteiger charge is -2.09. The van der Waals surface area contributed by atoms with Crippen LogP contribution in [0.15, 0.2) is 54.6 Å². The number of amides is 1. The van der Waals surface area contributed by atoms with Crippen molar-refractivity contribution in [3.05, 3.63) is 64.9 Å². The number of carbonyl (C=O) groups is 1. The van der Waals surface area contributed by atoms with E-state index >= 15 is 0 Å². The van der Waals surface area contributed by atoms with Gasteiger partial charge in [0, 0.05) is 25.1 Å². The van der Waals surface area contributed by atoms with Gasteiger partial charge in [0.2, 0.25) is 5.91 Å². The standard InChI is InChI=1S/C22H26N4O4S2/c1-30-19-10-8-18(9-11-19)21-24-25-22(31)26(21)14-12-20(27)23-13-5-15-32(28,29)16-17-6-3-2-4-7-17/h2-4,6-11H,5,12-16H2,1H3,(H,23,27)(H,25,31). The first-order valence-corrected chi connectivity index (χ1v) is 12.4. The second-order valence-electron chi connectivity index (χ2n) is 7.26. The van der Waals surface area contributed by atoms with E-state index in [0.717, 1.165) is 16.9 Å². The van der Waals surface area contributed by atoms with Crippen molar-refractivity contribution in [2.45, 2.75) is 25.1 Å². The number of methoxy groups -OCH3 is 1. The average Bonchev–Trinajstić information content (AvgIpc) is 3.16. The molecule has 1 amide bonds. The number of aromatic amines is 1. The molecule has 0 fully saturated rings. The van der Waals surface area contributed by atoms with E-state index in [1.54, 1.807) is 23.8 Å². The summed E-state index contributed by atoms with van der Waals surface area (Å²) in [4.78, 5) is 12.2. The summed E-state index contributed by atoms with van der Waals surface area (Å²) in [5, 5.41) is 9.80. The zero-order valence-electron chi connectivity index (χ0n) is 17.8. The number of ether oxygens (including phenoxy) is 1. The number of benzene rings is 2. The minimum atomic E-state index is -3.22. The average molecular weight is 475 g/mol. The molecule has 0 unspecified atom stereocenters. The molecule has 3 rings (SSSR count). The molecule has 0 aliphatic carbocycles. The largest absolute Gasteiger partial charge is 0.497 e. The molecule has 0 aliphatic rings. The summed E-state index contributed by atoms with van der Waals surface area (Å²) >= 11 is 5.30. The highest BCUT2D eigenvalue weighted by Crippen LogP contribution is 2.21. The fourth-order valence-electron chi connectivity index (χ4n) is 3.21. The highest BCUT2D eigenvalue weighted by molar-refractivity contribution is 7.90. The van der Waals surface area contributed by atoms with E-state index in [0.29, 0.717) is 30.1 Å². The molecule has 32 heavy (non-hydrogen) atoms. The van der Waals surface area contributed by atoms with E-state index in [1.807, 2.05) is 42.5 Å². The number of aromatic nitrogens is 3. The topological polar surface area (TPSA) is 106 Å².